The van der Waals surface area contributed by atoms with Crippen LogP contribution < -0.4 is 4.74 Å². The van der Waals surface area contributed by atoms with Gasteiger partial charge in [-0.25, -0.2) is 0 Å². The Morgan fingerprint density at radius 3 is 2.05 bits per heavy atom. The standard InChI is InChI=1S/C17H18O2S/c1-19-16-9-7-14(8-10-16)12-15(17(18)20)11-13-5-3-2-4-6-13/h2-10,15H,11-12H2,1H3,(H,18,20). The average Bonchev–Trinajstić information content (AvgIpc) is 2.48. The molecule has 0 N–H and O–H groups in total. The summed E-state index contributed by atoms with van der Waals surface area (Å²) in [6, 6.07) is 17.8. The van der Waals surface area contributed by atoms with Crippen LogP contribution in [0.3, 0.4) is 0 Å². The van der Waals surface area contributed by atoms with E-state index >= 15 is 0 Å². The normalized spacial score (nSPS) is 11.9. The topological polar surface area (TPSA) is 26.3 Å². The number of carbonyl (C=O) groups excluding carboxylic acids is 1. The summed E-state index contributed by atoms with van der Waals surface area (Å²) in [4.78, 5) is 11.7. The summed E-state index contributed by atoms with van der Waals surface area (Å²) in [6.45, 7) is 0. The molecule has 0 saturated carbocycles. The molecule has 2 nitrogen and oxygen atoms in total. The van der Waals surface area contributed by atoms with Crippen molar-refractivity contribution in [2.75, 3.05) is 7.11 Å². The van der Waals surface area contributed by atoms with Gasteiger partial charge in [0, 0.05) is 5.92 Å². The molecule has 1 atom stereocenters. The fraction of sp³-hybridized carbons (Fsp3) is 0.235. The van der Waals surface area contributed by atoms with E-state index in [1.165, 1.54) is 0 Å². The van der Waals surface area contributed by atoms with Gasteiger partial charge in [-0.05, 0) is 36.1 Å². The highest BCUT2D eigenvalue weighted by Crippen LogP contribution is 2.19. The quantitative estimate of drug-likeness (QED) is 0.822. The largest absolute Gasteiger partial charge is 0.497 e. The van der Waals surface area contributed by atoms with E-state index < -0.39 is 0 Å². The molecule has 0 aliphatic carbocycles. The molecule has 2 aromatic carbocycles. The lowest BCUT2D eigenvalue weighted by atomic mass is 9.93. The van der Waals surface area contributed by atoms with Crippen LogP contribution in [0.25, 0.3) is 0 Å². The third kappa shape index (κ3) is 4.14. The molecular weight excluding hydrogens is 268 g/mol. The van der Waals surface area contributed by atoms with Gasteiger partial charge in [-0.3, -0.25) is 4.79 Å². The highest BCUT2D eigenvalue weighted by atomic mass is 32.1. The first-order chi connectivity index (χ1) is 9.69. The van der Waals surface area contributed by atoms with Crippen molar-refractivity contribution in [1.29, 1.82) is 0 Å². The number of carbonyl (C=O) groups is 1. The molecule has 3 heteroatoms. The molecule has 2 rings (SSSR count). The fourth-order valence-electron chi connectivity index (χ4n) is 2.19. The van der Waals surface area contributed by atoms with Gasteiger partial charge in [-0.2, -0.15) is 0 Å². The average molecular weight is 286 g/mol. The molecule has 0 amide bonds. The van der Waals surface area contributed by atoms with Gasteiger partial charge >= 0.3 is 0 Å². The molecule has 1 unspecified atom stereocenters. The molecule has 0 heterocycles. The second kappa shape index (κ2) is 7.15. The van der Waals surface area contributed by atoms with Crippen molar-refractivity contribution in [3.05, 3.63) is 65.7 Å². The van der Waals surface area contributed by atoms with E-state index in [1.54, 1.807) is 7.11 Å². The Kier molecular flexibility index (Phi) is 5.24. The van der Waals surface area contributed by atoms with E-state index in [-0.39, 0.29) is 11.0 Å². The Morgan fingerprint density at radius 2 is 1.55 bits per heavy atom. The number of hydrogen-bond donors (Lipinski definition) is 1. The van der Waals surface area contributed by atoms with Gasteiger partial charge in [0.25, 0.3) is 0 Å². The van der Waals surface area contributed by atoms with E-state index in [4.69, 9.17) is 4.74 Å². The van der Waals surface area contributed by atoms with Gasteiger partial charge in [0.05, 0.1) is 7.11 Å². The van der Waals surface area contributed by atoms with E-state index in [9.17, 15) is 4.79 Å². The Balaban J connectivity index is 2.07. The molecule has 0 fully saturated rings. The lowest BCUT2D eigenvalue weighted by molar-refractivity contribution is -0.114. The summed E-state index contributed by atoms with van der Waals surface area (Å²) >= 11 is 4.03. The summed E-state index contributed by atoms with van der Waals surface area (Å²) < 4.78 is 5.14. The van der Waals surface area contributed by atoms with Crippen LogP contribution in [0.1, 0.15) is 11.1 Å². The highest BCUT2D eigenvalue weighted by Gasteiger charge is 2.16. The van der Waals surface area contributed by atoms with Crippen LogP contribution in [0.15, 0.2) is 54.6 Å². The van der Waals surface area contributed by atoms with E-state index in [1.807, 2.05) is 54.6 Å². The highest BCUT2D eigenvalue weighted by molar-refractivity contribution is 7.96. The maximum atomic E-state index is 11.7. The van der Waals surface area contributed by atoms with Gasteiger partial charge in [0.2, 0.25) is 0 Å². The lowest BCUT2D eigenvalue weighted by Crippen LogP contribution is -2.15. The molecule has 0 radical (unpaired) electrons. The minimum absolute atomic E-state index is 0.0651. The van der Waals surface area contributed by atoms with Crippen LogP contribution in [-0.2, 0) is 17.6 Å². The van der Waals surface area contributed by atoms with Crippen LogP contribution >= 0.6 is 12.6 Å². The van der Waals surface area contributed by atoms with E-state index in [0.717, 1.165) is 23.3 Å². The maximum Gasteiger partial charge on any atom is 0.189 e. The predicted octanol–water partition coefficient (Wildman–Crippen LogP) is 3.55. The van der Waals surface area contributed by atoms with Crippen molar-refractivity contribution in [3.8, 4) is 5.75 Å². The minimum atomic E-state index is -0.103. The number of hydrogen-bond acceptors (Lipinski definition) is 2. The van der Waals surface area contributed by atoms with Crippen molar-refractivity contribution in [2.24, 2.45) is 5.92 Å². The van der Waals surface area contributed by atoms with Crippen molar-refractivity contribution in [3.63, 3.8) is 0 Å². The molecule has 0 bridgehead atoms. The van der Waals surface area contributed by atoms with Crippen LogP contribution in [0.5, 0.6) is 5.75 Å². The zero-order valence-electron chi connectivity index (χ0n) is 11.5. The molecule has 0 aliphatic heterocycles. The summed E-state index contributed by atoms with van der Waals surface area (Å²) in [5, 5.41) is -0.0651. The number of rotatable bonds is 6. The van der Waals surface area contributed by atoms with Crippen LogP contribution in [0, 0.1) is 5.92 Å². The number of benzene rings is 2. The predicted molar refractivity (Wildman–Crippen MR) is 84.3 cm³/mol. The second-order valence-corrected chi connectivity index (χ2v) is 5.22. The molecule has 0 aromatic heterocycles. The Labute approximate surface area is 125 Å². The molecule has 2 aromatic rings. The molecular formula is C17H18O2S. The van der Waals surface area contributed by atoms with Crippen molar-refractivity contribution in [2.45, 2.75) is 12.8 Å². The van der Waals surface area contributed by atoms with Crippen molar-refractivity contribution < 1.29 is 9.53 Å². The van der Waals surface area contributed by atoms with Crippen molar-refractivity contribution in [1.82, 2.24) is 0 Å². The minimum Gasteiger partial charge on any atom is -0.497 e. The Hall–Kier alpha value is -1.74. The van der Waals surface area contributed by atoms with Gasteiger partial charge < -0.3 is 4.74 Å². The number of methoxy groups -OCH3 is 1. The second-order valence-electron chi connectivity index (χ2n) is 4.78. The summed E-state index contributed by atoms with van der Waals surface area (Å²) in [6.07, 6.45) is 1.41. The lowest BCUT2D eigenvalue weighted by Gasteiger charge is -2.13. The molecule has 20 heavy (non-hydrogen) atoms. The van der Waals surface area contributed by atoms with Gasteiger partial charge in [-0.1, -0.05) is 42.5 Å². The third-order valence-corrected chi connectivity index (χ3v) is 3.68. The van der Waals surface area contributed by atoms with Gasteiger partial charge in [0.1, 0.15) is 5.75 Å². The molecule has 0 aliphatic rings. The van der Waals surface area contributed by atoms with Crippen LogP contribution in [0.4, 0.5) is 0 Å². The zero-order chi connectivity index (χ0) is 14.4. The van der Waals surface area contributed by atoms with Crippen LogP contribution in [-0.4, -0.2) is 12.2 Å². The summed E-state index contributed by atoms with van der Waals surface area (Å²) in [5.74, 6) is 0.722. The SMILES string of the molecule is COc1ccc(CC(Cc2ccccc2)C(=O)S)cc1. The first kappa shape index (κ1) is 14.7. The molecule has 104 valence electrons. The fourth-order valence-corrected chi connectivity index (χ4v) is 2.37. The number of thiol groups is 1. The number of ether oxygens (including phenoxy) is 1. The summed E-state index contributed by atoms with van der Waals surface area (Å²) in [7, 11) is 1.64. The molecule has 0 spiro atoms. The van der Waals surface area contributed by atoms with Crippen molar-refractivity contribution >= 4 is 17.7 Å². The van der Waals surface area contributed by atoms with Gasteiger partial charge in [-0.15, -0.1) is 12.6 Å². The third-order valence-electron chi connectivity index (χ3n) is 3.32. The van der Waals surface area contributed by atoms with E-state index in [2.05, 4.69) is 12.6 Å². The smallest absolute Gasteiger partial charge is 0.189 e. The Bertz CT molecular complexity index is 549. The zero-order valence-corrected chi connectivity index (χ0v) is 12.3. The molecule has 0 saturated heterocycles. The van der Waals surface area contributed by atoms with E-state index in [0.29, 0.717) is 6.42 Å². The monoisotopic (exact) mass is 286 g/mol. The first-order valence-electron chi connectivity index (χ1n) is 6.58. The Morgan fingerprint density at radius 1 is 1.00 bits per heavy atom. The van der Waals surface area contributed by atoms with Gasteiger partial charge in [0.15, 0.2) is 5.12 Å². The first-order valence-corrected chi connectivity index (χ1v) is 7.03. The van der Waals surface area contributed by atoms with Crippen LogP contribution in [0.2, 0.25) is 0 Å². The summed E-state index contributed by atoms with van der Waals surface area (Å²) in [5.41, 5.74) is 2.28. The maximum absolute atomic E-state index is 11.7.